The Kier molecular flexibility index (Phi) is 4.59. The van der Waals surface area contributed by atoms with Gasteiger partial charge in [0, 0.05) is 6.20 Å². The van der Waals surface area contributed by atoms with Gasteiger partial charge in [-0.1, -0.05) is 11.6 Å². The van der Waals surface area contributed by atoms with E-state index >= 15 is 0 Å². The van der Waals surface area contributed by atoms with E-state index in [9.17, 15) is 9.18 Å². The van der Waals surface area contributed by atoms with Gasteiger partial charge in [0.15, 0.2) is 11.9 Å². The summed E-state index contributed by atoms with van der Waals surface area (Å²) in [5, 5.41) is 8.91. The summed E-state index contributed by atoms with van der Waals surface area (Å²) < 4.78 is 23.9. The van der Waals surface area contributed by atoms with Crippen LogP contribution in [0.2, 0.25) is 5.02 Å². The molecule has 21 heavy (non-hydrogen) atoms. The SMILES string of the molecule is CC(Oc1ccc(Oc2ncc(Cl)cc2F)cc1)C(=O)O. The van der Waals surface area contributed by atoms with Crippen molar-refractivity contribution in [2.45, 2.75) is 13.0 Å². The summed E-state index contributed by atoms with van der Waals surface area (Å²) in [6, 6.07) is 7.15. The Bertz CT molecular complexity index is 648. The minimum absolute atomic E-state index is 0.172. The van der Waals surface area contributed by atoms with E-state index in [0.29, 0.717) is 11.5 Å². The molecule has 0 aliphatic carbocycles. The summed E-state index contributed by atoms with van der Waals surface area (Å²) in [5.41, 5.74) is 0. The molecular weight excluding hydrogens is 301 g/mol. The van der Waals surface area contributed by atoms with E-state index in [1.165, 1.54) is 37.4 Å². The number of ether oxygens (including phenoxy) is 2. The van der Waals surface area contributed by atoms with Gasteiger partial charge in [-0.3, -0.25) is 0 Å². The molecule has 0 aliphatic rings. The zero-order chi connectivity index (χ0) is 15.4. The average Bonchev–Trinajstić information content (AvgIpc) is 2.43. The van der Waals surface area contributed by atoms with Crippen LogP contribution < -0.4 is 9.47 Å². The first-order valence-electron chi connectivity index (χ1n) is 5.94. The zero-order valence-corrected chi connectivity index (χ0v) is 11.7. The minimum Gasteiger partial charge on any atom is -0.479 e. The molecule has 0 saturated carbocycles. The first-order chi connectivity index (χ1) is 9.95. The Morgan fingerprint density at radius 3 is 2.52 bits per heavy atom. The van der Waals surface area contributed by atoms with Gasteiger partial charge < -0.3 is 14.6 Å². The Morgan fingerprint density at radius 2 is 1.95 bits per heavy atom. The number of carbonyl (C=O) groups is 1. The predicted molar refractivity (Wildman–Crippen MR) is 73.4 cm³/mol. The topological polar surface area (TPSA) is 68.7 Å². The van der Waals surface area contributed by atoms with E-state index < -0.39 is 17.9 Å². The van der Waals surface area contributed by atoms with Crippen molar-refractivity contribution < 1.29 is 23.8 Å². The molecule has 2 aromatic rings. The van der Waals surface area contributed by atoms with Crippen molar-refractivity contribution in [3.05, 3.63) is 47.4 Å². The Morgan fingerprint density at radius 1 is 1.33 bits per heavy atom. The number of carboxylic acid groups (broad SMARTS) is 1. The van der Waals surface area contributed by atoms with Gasteiger partial charge in [-0.15, -0.1) is 0 Å². The lowest BCUT2D eigenvalue weighted by atomic mass is 10.3. The molecule has 110 valence electrons. The smallest absolute Gasteiger partial charge is 0.344 e. The monoisotopic (exact) mass is 311 g/mol. The molecule has 0 radical (unpaired) electrons. The highest BCUT2D eigenvalue weighted by molar-refractivity contribution is 6.30. The number of benzene rings is 1. The molecule has 5 nitrogen and oxygen atoms in total. The Balaban J connectivity index is 2.07. The molecule has 0 fully saturated rings. The molecule has 0 aliphatic heterocycles. The van der Waals surface area contributed by atoms with Crippen LogP contribution >= 0.6 is 11.6 Å². The van der Waals surface area contributed by atoms with Gasteiger partial charge in [0.05, 0.1) is 5.02 Å². The fourth-order valence-electron chi connectivity index (χ4n) is 1.43. The molecule has 1 unspecified atom stereocenters. The summed E-state index contributed by atoms with van der Waals surface area (Å²) in [7, 11) is 0. The summed E-state index contributed by atoms with van der Waals surface area (Å²) in [5.74, 6) is -1.25. The van der Waals surface area contributed by atoms with E-state index in [4.69, 9.17) is 26.2 Å². The Hall–Kier alpha value is -2.34. The summed E-state index contributed by atoms with van der Waals surface area (Å²) in [6.45, 7) is 1.42. The van der Waals surface area contributed by atoms with Crippen LogP contribution in [0.5, 0.6) is 17.4 Å². The van der Waals surface area contributed by atoms with E-state index in [0.717, 1.165) is 6.07 Å². The van der Waals surface area contributed by atoms with E-state index in [-0.39, 0.29) is 10.9 Å². The lowest BCUT2D eigenvalue weighted by Gasteiger charge is -2.11. The molecule has 1 heterocycles. The standard InChI is InChI=1S/C14H11ClFNO4/c1-8(14(18)19)20-10-2-4-11(5-3-10)21-13-12(16)6-9(15)7-17-13/h2-8H,1H3,(H,18,19). The predicted octanol–water partition coefficient (Wildman–Crippen LogP) is 3.52. The van der Waals surface area contributed by atoms with Crippen LogP contribution in [0.15, 0.2) is 36.5 Å². The zero-order valence-electron chi connectivity index (χ0n) is 10.9. The first-order valence-corrected chi connectivity index (χ1v) is 6.32. The molecule has 1 aromatic carbocycles. The maximum Gasteiger partial charge on any atom is 0.344 e. The molecule has 0 spiro atoms. The van der Waals surface area contributed by atoms with Gasteiger partial charge in [-0.2, -0.15) is 0 Å². The molecule has 0 bridgehead atoms. The molecule has 2 rings (SSSR count). The number of pyridine rings is 1. The number of halogens is 2. The third-order valence-corrected chi connectivity index (χ3v) is 2.68. The van der Waals surface area contributed by atoms with Crippen molar-refractivity contribution in [2.24, 2.45) is 0 Å². The van der Waals surface area contributed by atoms with Crippen molar-refractivity contribution in [3.63, 3.8) is 0 Å². The van der Waals surface area contributed by atoms with Gasteiger partial charge in [0.1, 0.15) is 11.5 Å². The minimum atomic E-state index is -1.07. The fourth-order valence-corrected chi connectivity index (χ4v) is 1.57. The van der Waals surface area contributed by atoms with E-state index in [2.05, 4.69) is 4.98 Å². The van der Waals surface area contributed by atoms with E-state index in [1.807, 2.05) is 0 Å². The first kappa shape index (κ1) is 15.1. The van der Waals surface area contributed by atoms with Gasteiger partial charge in [0.25, 0.3) is 5.88 Å². The molecule has 1 aromatic heterocycles. The van der Waals surface area contributed by atoms with Gasteiger partial charge >= 0.3 is 5.97 Å². The van der Waals surface area contributed by atoms with Crippen molar-refractivity contribution >= 4 is 17.6 Å². The number of hydrogen-bond donors (Lipinski definition) is 1. The molecule has 0 amide bonds. The van der Waals surface area contributed by atoms with Crippen LogP contribution in [-0.2, 0) is 4.79 Å². The second kappa shape index (κ2) is 6.41. The number of rotatable bonds is 5. The summed E-state index contributed by atoms with van der Waals surface area (Å²) in [4.78, 5) is 14.4. The van der Waals surface area contributed by atoms with Gasteiger partial charge in [-0.25, -0.2) is 14.2 Å². The van der Waals surface area contributed by atoms with Crippen molar-refractivity contribution in [3.8, 4) is 17.4 Å². The molecule has 1 N–H and O–H groups in total. The number of nitrogens with zero attached hydrogens (tertiary/aromatic N) is 1. The number of carboxylic acids is 1. The van der Waals surface area contributed by atoms with E-state index in [1.54, 1.807) is 0 Å². The van der Waals surface area contributed by atoms with Crippen LogP contribution in [0.25, 0.3) is 0 Å². The highest BCUT2D eigenvalue weighted by atomic mass is 35.5. The second-order valence-electron chi connectivity index (χ2n) is 4.11. The Labute approximate surface area is 124 Å². The fraction of sp³-hybridized carbons (Fsp3) is 0.143. The van der Waals surface area contributed by atoms with Crippen molar-refractivity contribution in [1.82, 2.24) is 4.98 Å². The van der Waals surface area contributed by atoms with Crippen LogP contribution in [-0.4, -0.2) is 22.2 Å². The van der Waals surface area contributed by atoms with Gasteiger partial charge in [-0.05, 0) is 37.3 Å². The number of aliphatic carboxylic acids is 1. The van der Waals surface area contributed by atoms with Crippen molar-refractivity contribution in [1.29, 1.82) is 0 Å². The highest BCUT2D eigenvalue weighted by Crippen LogP contribution is 2.26. The van der Waals surface area contributed by atoms with Crippen LogP contribution in [0.3, 0.4) is 0 Å². The molecule has 0 saturated heterocycles. The van der Waals surface area contributed by atoms with Crippen LogP contribution in [0.1, 0.15) is 6.92 Å². The van der Waals surface area contributed by atoms with Crippen LogP contribution in [0, 0.1) is 5.82 Å². The van der Waals surface area contributed by atoms with Crippen LogP contribution in [0.4, 0.5) is 4.39 Å². The molecular formula is C14H11ClFNO4. The third kappa shape index (κ3) is 4.06. The lowest BCUT2D eigenvalue weighted by Crippen LogP contribution is -2.22. The number of aromatic nitrogens is 1. The largest absolute Gasteiger partial charge is 0.479 e. The average molecular weight is 312 g/mol. The second-order valence-corrected chi connectivity index (χ2v) is 4.55. The molecule has 1 atom stereocenters. The van der Waals surface area contributed by atoms with Crippen molar-refractivity contribution in [2.75, 3.05) is 0 Å². The lowest BCUT2D eigenvalue weighted by molar-refractivity contribution is -0.144. The summed E-state index contributed by atoms with van der Waals surface area (Å²) >= 11 is 5.59. The quantitative estimate of drug-likeness (QED) is 0.915. The normalized spacial score (nSPS) is 11.8. The maximum atomic E-state index is 13.5. The summed E-state index contributed by atoms with van der Waals surface area (Å²) in [6.07, 6.45) is 0.304. The maximum absolute atomic E-state index is 13.5. The molecule has 7 heteroatoms. The van der Waals surface area contributed by atoms with Gasteiger partial charge in [0.2, 0.25) is 0 Å². The highest BCUT2D eigenvalue weighted by Gasteiger charge is 2.12. The third-order valence-electron chi connectivity index (χ3n) is 2.47. The number of hydrogen-bond acceptors (Lipinski definition) is 4.